The average molecular weight is 350 g/mol. The highest BCUT2D eigenvalue weighted by atomic mass is 16.2. The molecule has 1 fully saturated rings. The lowest BCUT2D eigenvalue weighted by Gasteiger charge is -2.23. The number of aromatic nitrogens is 3. The molecule has 0 radical (unpaired) electrons. The number of carbonyl (C=O) groups excluding carboxylic acids is 1. The fourth-order valence-electron chi connectivity index (χ4n) is 4.06. The summed E-state index contributed by atoms with van der Waals surface area (Å²) in [4.78, 5) is 23.0. The van der Waals surface area contributed by atoms with Crippen LogP contribution >= 0.6 is 0 Å². The van der Waals surface area contributed by atoms with Crippen molar-refractivity contribution in [2.75, 3.05) is 6.54 Å². The van der Waals surface area contributed by atoms with Crippen molar-refractivity contribution in [3.63, 3.8) is 0 Å². The van der Waals surface area contributed by atoms with Crippen molar-refractivity contribution in [3.05, 3.63) is 53.6 Å². The van der Waals surface area contributed by atoms with Gasteiger partial charge in [0.15, 0.2) is 0 Å². The van der Waals surface area contributed by atoms with Gasteiger partial charge in [-0.3, -0.25) is 4.79 Å². The van der Waals surface area contributed by atoms with Crippen molar-refractivity contribution in [1.82, 2.24) is 19.4 Å². The van der Waals surface area contributed by atoms with Crippen molar-refractivity contribution in [1.29, 1.82) is 0 Å². The lowest BCUT2D eigenvalue weighted by molar-refractivity contribution is -0.132. The third kappa shape index (κ3) is 3.14. The Morgan fingerprint density at radius 3 is 2.73 bits per heavy atom. The van der Waals surface area contributed by atoms with E-state index in [0.29, 0.717) is 6.42 Å². The first kappa shape index (κ1) is 16.9. The van der Waals surface area contributed by atoms with Gasteiger partial charge >= 0.3 is 0 Å². The van der Waals surface area contributed by atoms with Gasteiger partial charge in [0.2, 0.25) is 5.91 Å². The minimum atomic E-state index is 0.0879. The second kappa shape index (κ2) is 6.98. The predicted octanol–water partition coefficient (Wildman–Crippen LogP) is 4.13. The number of rotatable bonds is 5. The average Bonchev–Trinajstić information content (AvgIpc) is 3.34. The molecule has 0 bridgehead atoms. The Morgan fingerprint density at radius 1 is 1.19 bits per heavy atom. The molecule has 0 saturated carbocycles. The number of fused-ring (bicyclic) bond motifs is 1. The number of hydrogen-bond acceptors (Lipinski definition) is 2. The third-order valence-electron chi connectivity index (χ3n) is 5.49. The maximum absolute atomic E-state index is 12.8. The van der Waals surface area contributed by atoms with Gasteiger partial charge in [-0.1, -0.05) is 12.1 Å². The van der Waals surface area contributed by atoms with E-state index in [-0.39, 0.29) is 11.9 Å². The number of imidazole rings is 1. The van der Waals surface area contributed by atoms with Gasteiger partial charge in [0.1, 0.15) is 5.82 Å². The molecular formula is C21H26N4O. The largest absolute Gasteiger partial charge is 0.349 e. The van der Waals surface area contributed by atoms with Crippen LogP contribution in [0.3, 0.4) is 0 Å². The Labute approximate surface area is 154 Å². The van der Waals surface area contributed by atoms with Crippen LogP contribution in [0.5, 0.6) is 0 Å². The zero-order chi connectivity index (χ0) is 18.1. The first-order chi connectivity index (χ1) is 12.6. The van der Waals surface area contributed by atoms with Crippen LogP contribution < -0.4 is 0 Å². The van der Waals surface area contributed by atoms with Crippen LogP contribution in [0.2, 0.25) is 0 Å². The summed E-state index contributed by atoms with van der Waals surface area (Å²) < 4.78 is 2.29. The molecule has 0 aliphatic carbocycles. The molecule has 0 unspecified atom stereocenters. The van der Waals surface area contributed by atoms with Crippen LogP contribution in [-0.4, -0.2) is 31.9 Å². The lowest BCUT2D eigenvalue weighted by Crippen LogP contribution is -2.31. The van der Waals surface area contributed by atoms with Crippen molar-refractivity contribution in [2.24, 2.45) is 0 Å². The van der Waals surface area contributed by atoms with Gasteiger partial charge in [-0.15, -0.1) is 0 Å². The van der Waals surface area contributed by atoms with E-state index in [1.165, 1.54) is 11.4 Å². The molecule has 1 amide bonds. The Hall–Kier alpha value is -2.56. The SMILES string of the molecule is Cc1ccc(C)n1CCCC(=O)N1CCC[C@H]1c1nc2ccccc2[nH]1. The van der Waals surface area contributed by atoms with Crippen LogP contribution in [0.25, 0.3) is 11.0 Å². The summed E-state index contributed by atoms with van der Waals surface area (Å²) in [6.07, 6.45) is 3.50. The van der Waals surface area contributed by atoms with Crippen LogP contribution in [0.15, 0.2) is 36.4 Å². The van der Waals surface area contributed by atoms with Gasteiger partial charge in [-0.25, -0.2) is 4.98 Å². The van der Waals surface area contributed by atoms with E-state index in [0.717, 1.165) is 49.2 Å². The molecule has 136 valence electrons. The van der Waals surface area contributed by atoms with E-state index < -0.39 is 0 Å². The molecule has 1 aliphatic rings. The van der Waals surface area contributed by atoms with Crippen LogP contribution in [-0.2, 0) is 11.3 Å². The summed E-state index contributed by atoms with van der Waals surface area (Å²) in [5.74, 6) is 1.17. The van der Waals surface area contributed by atoms with Crippen molar-refractivity contribution < 1.29 is 4.79 Å². The monoisotopic (exact) mass is 350 g/mol. The fraction of sp³-hybridized carbons (Fsp3) is 0.429. The number of para-hydroxylation sites is 2. The minimum absolute atomic E-state index is 0.0879. The number of carbonyl (C=O) groups is 1. The van der Waals surface area contributed by atoms with E-state index in [1.807, 2.05) is 29.2 Å². The molecule has 3 aromatic rings. The molecule has 0 spiro atoms. The van der Waals surface area contributed by atoms with E-state index >= 15 is 0 Å². The summed E-state index contributed by atoms with van der Waals surface area (Å²) in [6, 6.07) is 12.4. The quantitative estimate of drug-likeness (QED) is 0.752. The zero-order valence-corrected chi connectivity index (χ0v) is 15.5. The smallest absolute Gasteiger partial charge is 0.223 e. The Morgan fingerprint density at radius 2 is 1.96 bits per heavy atom. The molecule has 3 heterocycles. The normalized spacial score (nSPS) is 17.3. The van der Waals surface area contributed by atoms with Crippen LogP contribution in [0, 0.1) is 13.8 Å². The van der Waals surface area contributed by atoms with E-state index in [9.17, 15) is 4.79 Å². The summed E-state index contributed by atoms with van der Waals surface area (Å²) >= 11 is 0. The van der Waals surface area contributed by atoms with Crippen molar-refractivity contribution in [2.45, 2.75) is 52.1 Å². The highest BCUT2D eigenvalue weighted by Gasteiger charge is 2.31. The van der Waals surface area contributed by atoms with Gasteiger partial charge < -0.3 is 14.5 Å². The van der Waals surface area contributed by atoms with Crippen molar-refractivity contribution >= 4 is 16.9 Å². The molecule has 1 aromatic carbocycles. The van der Waals surface area contributed by atoms with E-state index in [2.05, 4.69) is 35.5 Å². The van der Waals surface area contributed by atoms with Crippen LogP contribution in [0.1, 0.15) is 48.9 Å². The third-order valence-corrected chi connectivity index (χ3v) is 5.49. The summed E-state index contributed by atoms with van der Waals surface area (Å²) in [5.41, 5.74) is 4.54. The number of likely N-dealkylation sites (tertiary alicyclic amines) is 1. The predicted molar refractivity (Wildman–Crippen MR) is 103 cm³/mol. The number of nitrogens with zero attached hydrogens (tertiary/aromatic N) is 3. The standard InChI is InChI=1S/C21H26N4O/c1-15-11-12-16(2)24(15)13-6-10-20(26)25-14-5-9-19(25)21-22-17-7-3-4-8-18(17)23-21/h3-4,7-8,11-12,19H,5-6,9-10,13-14H2,1-2H3,(H,22,23)/t19-/m0/s1. The molecular weight excluding hydrogens is 324 g/mol. The van der Waals surface area contributed by atoms with Gasteiger partial charge in [0.05, 0.1) is 17.1 Å². The topological polar surface area (TPSA) is 53.9 Å². The van der Waals surface area contributed by atoms with E-state index in [4.69, 9.17) is 4.98 Å². The first-order valence-corrected chi connectivity index (χ1v) is 9.50. The molecule has 1 N–H and O–H groups in total. The fourth-order valence-corrected chi connectivity index (χ4v) is 4.06. The Balaban J connectivity index is 1.42. The van der Waals surface area contributed by atoms with Gasteiger partial charge in [-0.05, 0) is 57.4 Å². The number of amides is 1. The summed E-state index contributed by atoms with van der Waals surface area (Å²) in [5, 5.41) is 0. The highest BCUT2D eigenvalue weighted by molar-refractivity contribution is 5.78. The maximum atomic E-state index is 12.8. The summed E-state index contributed by atoms with van der Waals surface area (Å²) in [6.45, 7) is 5.97. The second-order valence-corrected chi connectivity index (χ2v) is 7.26. The molecule has 1 atom stereocenters. The molecule has 5 heteroatoms. The summed E-state index contributed by atoms with van der Waals surface area (Å²) in [7, 11) is 0. The number of hydrogen-bond donors (Lipinski definition) is 1. The molecule has 4 rings (SSSR count). The maximum Gasteiger partial charge on any atom is 0.223 e. The number of H-pyrrole nitrogens is 1. The van der Waals surface area contributed by atoms with Gasteiger partial charge in [0, 0.05) is 30.9 Å². The molecule has 1 saturated heterocycles. The van der Waals surface area contributed by atoms with Gasteiger partial charge in [0.25, 0.3) is 0 Å². The number of aromatic amines is 1. The highest BCUT2D eigenvalue weighted by Crippen LogP contribution is 2.32. The molecule has 5 nitrogen and oxygen atoms in total. The molecule has 2 aromatic heterocycles. The zero-order valence-electron chi connectivity index (χ0n) is 15.5. The number of benzene rings is 1. The molecule has 1 aliphatic heterocycles. The Kier molecular flexibility index (Phi) is 4.53. The van der Waals surface area contributed by atoms with Crippen molar-refractivity contribution in [3.8, 4) is 0 Å². The molecule has 26 heavy (non-hydrogen) atoms. The van der Waals surface area contributed by atoms with Crippen LogP contribution in [0.4, 0.5) is 0 Å². The second-order valence-electron chi connectivity index (χ2n) is 7.26. The van der Waals surface area contributed by atoms with E-state index in [1.54, 1.807) is 0 Å². The Bertz CT molecular complexity index is 871. The number of aryl methyl sites for hydroxylation is 2. The lowest BCUT2D eigenvalue weighted by atomic mass is 10.2. The first-order valence-electron chi connectivity index (χ1n) is 9.50. The van der Waals surface area contributed by atoms with Gasteiger partial charge in [-0.2, -0.15) is 0 Å². The minimum Gasteiger partial charge on any atom is -0.349 e. The number of nitrogens with one attached hydrogen (secondary N) is 1.